The summed E-state index contributed by atoms with van der Waals surface area (Å²) in [7, 11) is -3.66. The monoisotopic (exact) mass is 312 g/mol. The van der Waals surface area contributed by atoms with Crippen LogP contribution in [0.1, 0.15) is 19.8 Å². The van der Waals surface area contributed by atoms with E-state index in [0.717, 1.165) is 12.8 Å². The molecular weight excluding hydrogens is 292 g/mol. The first-order valence-electron chi connectivity index (χ1n) is 6.39. The molecule has 0 saturated heterocycles. The van der Waals surface area contributed by atoms with E-state index < -0.39 is 10.0 Å². The molecule has 0 aliphatic carbocycles. The number of para-hydroxylation sites is 1. The molecule has 0 atom stereocenters. The Morgan fingerprint density at radius 1 is 1.24 bits per heavy atom. The Hall–Kier alpha value is -2.13. The van der Waals surface area contributed by atoms with E-state index in [-0.39, 0.29) is 22.5 Å². The Morgan fingerprint density at radius 2 is 1.90 bits per heavy atom. The molecule has 0 spiro atoms. The lowest BCUT2D eigenvalue weighted by Crippen LogP contribution is -2.26. The maximum absolute atomic E-state index is 12.2. The smallest absolute Gasteiger partial charge is 0.242 e. The second-order valence-corrected chi connectivity index (χ2v) is 5.96. The summed E-state index contributed by atoms with van der Waals surface area (Å²) in [5.74, 6) is -0.469. The fourth-order valence-corrected chi connectivity index (χ4v) is 2.73. The zero-order chi connectivity index (χ0) is 15.9. The highest BCUT2D eigenvalue weighted by molar-refractivity contribution is 7.89. The van der Waals surface area contributed by atoms with Crippen molar-refractivity contribution < 1.29 is 8.42 Å². The number of nitrogens with two attached hydrogens (primary N) is 3. The molecule has 1 rings (SSSR count). The first-order chi connectivity index (χ1) is 9.86. The molecule has 0 saturated carbocycles. The molecule has 1 aromatic carbocycles. The third-order valence-corrected chi connectivity index (χ3v) is 3.96. The van der Waals surface area contributed by atoms with Gasteiger partial charge in [0, 0.05) is 6.54 Å². The molecule has 116 valence electrons. The van der Waals surface area contributed by atoms with Gasteiger partial charge >= 0.3 is 0 Å². The van der Waals surface area contributed by atoms with Crippen molar-refractivity contribution in [2.24, 2.45) is 27.2 Å². The Labute approximate surface area is 124 Å². The van der Waals surface area contributed by atoms with Crippen LogP contribution in [-0.4, -0.2) is 26.9 Å². The Morgan fingerprint density at radius 3 is 2.52 bits per heavy atom. The molecule has 0 aliphatic rings. The number of rotatable bonds is 6. The summed E-state index contributed by atoms with van der Waals surface area (Å²) in [6.45, 7) is 2.34. The van der Waals surface area contributed by atoms with Crippen LogP contribution in [0.2, 0.25) is 0 Å². The first kappa shape index (κ1) is 16.9. The van der Waals surface area contributed by atoms with Crippen LogP contribution >= 0.6 is 0 Å². The average molecular weight is 312 g/mol. The van der Waals surface area contributed by atoms with Crippen LogP contribution in [0.25, 0.3) is 0 Å². The topological polar surface area (TPSA) is 149 Å². The molecule has 8 nitrogen and oxygen atoms in total. The molecule has 21 heavy (non-hydrogen) atoms. The molecule has 0 aromatic heterocycles. The van der Waals surface area contributed by atoms with Gasteiger partial charge in [-0.2, -0.15) is 4.99 Å². The van der Waals surface area contributed by atoms with Crippen LogP contribution < -0.4 is 21.9 Å². The van der Waals surface area contributed by atoms with Gasteiger partial charge < -0.3 is 17.2 Å². The summed E-state index contributed by atoms with van der Waals surface area (Å²) in [6.07, 6.45) is 1.64. The second-order valence-electron chi connectivity index (χ2n) is 4.23. The number of benzene rings is 1. The molecule has 0 aliphatic heterocycles. The minimum absolute atomic E-state index is 0.0230. The Kier molecular flexibility index (Phi) is 6.12. The summed E-state index contributed by atoms with van der Waals surface area (Å²) in [5.41, 5.74) is 16.1. The molecule has 0 fully saturated rings. The fourth-order valence-electron chi connectivity index (χ4n) is 1.52. The van der Waals surface area contributed by atoms with Crippen molar-refractivity contribution in [3.05, 3.63) is 24.3 Å². The Balaban J connectivity index is 3.13. The molecule has 1 aromatic rings. The van der Waals surface area contributed by atoms with Crippen molar-refractivity contribution in [1.82, 2.24) is 4.72 Å². The predicted octanol–water partition coefficient (Wildman–Crippen LogP) is -0.0154. The highest BCUT2D eigenvalue weighted by Gasteiger charge is 2.17. The van der Waals surface area contributed by atoms with Gasteiger partial charge in [0.05, 0.1) is 5.69 Å². The van der Waals surface area contributed by atoms with Gasteiger partial charge in [-0.3, -0.25) is 0 Å². The number of nitrogens with one attached hydrogen (secondary N) is 1. The number of hydrogen-bond acceptors (Lipinski definition) is 3. The van der Waals surface area contributed by atoms with Crippen LogP contribution in [0.4, 0.5) is 5.69 Å². The highest BCUT2D eigenvalue weighted by Crippen LogP contribution is 2.23. The number of guanidine groups is 2. The predicted molar refractivity (Wildman–Crippen MR) is 83.6 cm³/mol. The molecule has 9 heteroatoms. The number of sulfonamides is 1. The molecule has 7 N–H and O–H groups in total. The van der Waals surface area contributed by atoms with E-state index in [1.54, 1.807) is 12.1 Å². The van der Waals surface area contributed by atoms with E-state index in [0.29, 0.717) is 6.54 Å². The van der Waals surface area contributed by atoms with Gasteiger partial charge in [0.1, 0.15) is 4.90 Å². The van der Waals surface area contributed by atoms with Crippen molar-refractivity contribution in [3.63, 3.8) is 0 Å². The summed E-state index contributed by atoms with van der Waals surface area (Å²) in [6, 6.07) is 6.20. The van der Waals surface area contributed by atoms with Gasteiger partial charge in [-0.05, 0) is 18.6 Å². The van der Waals surface area contributed by atoms with E-state index in [1.807, 2.05) is 6.92 Å². The van der Waals surface area contributed by atoms with Gasteiger partial charge in [0.2, 0.25) is 16.0 Å². The molecular formula is C12H20N6O2S. The van der Waals surface area contributed by atoms with E-state index in [9.17, 15) is 8.42 Å². The number of aliphatic imine (C=N–C) groups is 2. The maximum Gasteiger partial charge on any atom is 0.242 e. The van der Waals surface area contributed by atoms with Crippen molar-refractivity contribution >= 4 is 27.6 Å². The first-order valence-corrected chi connectivity index (χ1v) is 7.87. The SMILES string of the molecule is CCCCNS(=O)(=O)c1ccccc1N=C(N)N=C(N)N. The van der Waals surface area contributed by atoms with Crippen molar-refractivity contribution in [3.8, 4) is 0 Å². The highest BCUT2D eigenvalue weighted by atomic mass is 32.2. The van der Waals surface area contributed by atoms with Crippen molar-refractivity contribution in [2.75, 3.05) is 6.54 Å². The summed E-state index contributed by atoms with van der Waals surface area (Å²) < 4.78 is 27.0. The quantitative estimate of drug-likeness (QED) is 0.331. The van der Waals surface area contributed by atoms with Gasteiger partial charge in [-0.1, -0.05) is 25.5 Å². The molecule has 0 radical (unpaired) electrons. The zero-order valence-corrected chi connectivity index (χ0v) is 12.6. The lowest BCUT2D eigenvalue weighted by molar-refractivity contribution is 0.578. The van der Waals surface area contributed by atoms with Crippen LogP contribution in [0, 0.1) is 0 Å². The molecule has 0 heterocycles. The number of hydrogen-bond donors (Lipinski definition) is 4. The third-order valence-electron chi connectivity index (χ3n) is 2.46. The van der Waals surface area contributed by atoms with Gasteiger partial charge in [0.25, 0.3) is 0 Å². The maximum atomic E-state index is 12.2. The van der Waals surface area contributed by atoms with E-state index in [1.165, 1.54) is 12.1 Å². The lowest BCUT2D eigenvalue weighted by Gasteiger charge is -2.08. The summed E-state index contributed by atoms with van der Waals surface area (Å²) in [4.78, 5) is 7.50. The van der Waals surface area contributed by atoms with Crippen LogP contribution in [0.3, 0.4) is 0 Å². The third kappa shape index (κ3) is 5.40. The van der Waals surface area contributed by atoms with Crippen molar-refractivity contribution in [1.29, 1.82) is 0 Å². The minimum atomic E-state index is -3.66. The molecule has 0 bridgehead atoms. The largest absolute Gasteiger partial charge is 0.370 e. The minimum Gasteiger partial charge on any atom is -0.370 e. The van der Waals surface area contributed by atoms with E-state index >= 15 is 0 Å². The molecule has 0 unspecified atom stereocenters. The zero-order valence-electron chi connectivity index (χ0n) is 11.8. The van der Waals surface area contributed by atoms with Crippen LogP contribution in [-0.2, 0) is 10.0 Å². The lowest BCUT2D eigenvalue weighted by atomic mass is 10.3. The summed E-state index contributed by atoms with van der Waals surface area (Å²) >= 11 is 0. The van der Waals surface area contributed by atoms with E-state index in [4.69, 9.17) is 17.2 Å². The average Bonchev–Trinajstić information content (AvgIpc) is 2.38. The van der Waals surface area contributed by atoms with E-state index in [2.05, 4.69) is 14.7 Å². The normalized spacial score (nSPS) is 12.1. The molecule has 0 amide bonds. The van der Waals surface area contributed by atoms with Crippen LogP contribution in [0.5, 0.6) is 0 Å². The standard InChI is InChI=1S/C12H20N6O2S/c1-2-3-8-16-21(19,20)10-7-5-4-6-9(10)17-12(15)18-11(13)14/h4-7,16H,2-3,8H2,1H3,(H6,13,14,15,17,18). The van der Waals surface area contributed by atoms with Crippen LogP contribution in [0.15, 0.2) is 39.1 Å². The number of nitrogens with zero attached hydrogens (tertiary/aromatic N) is 2. The van der Waals surface area contributed by atoms with Gasteiger partial charge in [-0.15, -0.1) is 0 Å². The Bertz CT molecular complexity index is 635. The fraction of sp³-hybridized carbons (Fsp3) is 0.333. The number of unbranched alkanes of at least 4 members (excludes halogenated alkanes) is 1. The van der Waals surface area contributed by atoms with Gasteiger partial charge in [0.15, 0.2) is 5.96 Å². The summed E-state index contributed by atoms with van der Waals surface area (Å²) in [5, 5.41) is 0. The van der Waals surface area contributed by atoms with Crippen molar-refractivity contribution in [2.45, 2.75) is 24.7 Å². The van der Waals surface area contributed by atoms with Gasteiger partial charge in [-0.25, -0.2) is 18.1 Å². The second kappa shape index (κ2) is 7.60.